The lowest BCUT2D eigenvalue weighted by molar-refractivity contribution is 0.306. The Kier molecular flexibility index (Phi) is 6.08. The first-order valence-electron chi connectivity index (χ1n) is 9.71. The zero-order chi connectivity index (χ0) is 21.1. The second kappa shape index (κ2) is 8.91. The van der Waals surface area contributed by atoms with E-state index in [9.17, 15) is 0 Å². The van der Waals surface area contributed by atoms with Crippen LogP contribution in [0.5, 0.6) is 5.75 Å². The van der Waals surface area contributed by atoms with Gasteiger partial charge < -0.3 is 4.74 Å². The van der Waals surface area contributed by atoms with Gasteiger partial charge in [0.2, 0.25) is 0 Å². The summed E-state index contributed by atoms with van der Waals surface area (Å²) < 4.78 is 6.17. The standard InChI is InChI=1S/C26H21Cl2NO/c1-17-7-11-25(18(2)13-17)29-15-23-22-6-4-3-5-19(22)9-12-26(23)30-16-20-8-10-21(27)14-24(20)28/h3-15H,16H2,1-2H3. The van der Waals surface area contributed by atoms with Gasteiger partial charge in [0.1, 0.15) is 12.4 Å². The third-order valence-corrected chi connectivity index (χ3v) is 5.60. The molecule has 0 aliphatic heterocycles. The van der Waals surface area contributed by atoms with Crippen molar-refractivity contribution in [1.82, 2.24) is 0 Å². The molecule has 0 aliphatic rings. The number of hydrogen-bond donors (Lipinski definition) is 0. The minimum atomic E-state index is 0.346. The quantitative estimate of drug-likeness (QED) is 0.291. The van der Waals surface area contributed by atoms with E-state index in [1.54, 1.807) is 6.07 Å². The fourth-order valence-electron chi connectivity index (χ4n) is 3.41. The molecule has 150 valence electrons. The molecule has 0 atom stereocenters. The molecule has 4 heteroatoms. The van der Waals surface area contributed by atoms with Crippen molar-refractivity contribution in [3.05, 3.63) is 105 Å². The van der Waals surface area contributed by atoms with E-state index >= 15 is 0 Å². The van der Waals surface area contributed by atoms with Crippen LogP contribution in [0.3, 0.4) is 0 Å². The summed E-state index contributed by atoms with van der Waals surface area (Å²) in [5.41, 5.74) is 5.13. The molecule has 0 saturated heterocycles. The van der Waals surface area contributed by atoms with Crippen LogP contribution in [0.4, 0.5) is 5.69 Å². The van der Waals surface area contributed by atoms with E-state index in [1.165, 1.54) is 5.56 Å². The highest BCUT2D eigenvalue weighted by Crippen LogP contribution is 2.30. The van der Waals surface area contributed by atoms with E-state index in [1.807, 2.05) is 42.6 Å². The molecule has 0 aliphatic carbocycles. The molecular weight excluding hydrogens is 413 g/mol. The Morgan fingerprint density at radius 2 is 1.73 bits per heavy atom. The van der Waals surface area contributed by atoms with E-state index in [0.717, 1.165) is 38.9 Å². The van der Waals surface area contributed by atoms with Gasteiger partial charge >= 0.3 is 0 Å². The topological polar surface area (TPSA) is 21.6 Å². The number of aryl methyl sites for hydroxylation is 2. The number of benzene rings is 4. The van der Waals surface area contributed by atoms with Gasteiger partial charge in [0.15, 0.2) is 0 Å². The van der Waals surface area contributed by atoms with Crippen molar-refractivity contribution in [3.63, 3.8) is 0 Å². The second-order valence-electron chi connectivity index (χ2n) is 7.27. The first-order valence-corrected chi connectivity index (χ1v) is 10.5. The molecule has 0 radical (unpaired) electrons. The van der Waals surface area contributed by atoms with E-state index in [0.29, 0.717) is 16.7 Å². The van der Waals surface area contributed by atoms with Crippen LogP contribution in [0.1, 0.15) is 22.3 Å². The van der Waals surface area contributed by atoms with Crippen LogP contribution in [-0.4, -0.2) is 6.21 Å². The smallest absolute Gasteiger partial charge is 0.129 e. The Morgan fingerprint density at radius 1 is 0.900 bits per heavy atom. The van der Waals surface area contributed by atoms with Gasteiger partial charge in [0.05, 0.1) is 5.69 Å². The molecule has 0 unspecified atom stereocenters. The Hall–Kier alpha value is -2.81. The first kappa shape index (κ1) is 20.5. The molecule has 2 nitrogen and oxygen atoms in total. The number of rotatable bonds is 5. The van der Waals surface area contributed by atoms with Gasteiger partial charge in [0.25, 0.3) is 0 Å². The van der Waals surface area contributed by atoms with E-state index in [-0.39, 0.29) is 0 Å². The summed E-state index contributed by atoms with van der Waals surface area (Å²) in [6.45, 7) is 4.50. The van der Waals surface area contributed by atoms with Crippen molar-refractivity contribution in [2.75, 3.05) is 0 Å². The van der Waals surface area contributed by atoms with Gasteiger partial charge in [-0.15, -0.1) is 0 Å². The Morgan fingerprint density at radius 3 is 2.53 bits per heavy atom. The maximum atomic E-state index is 6.31. The summed E-state index contributed by atoms with van der Waals surface area (Å²) in [6.07, 6.45) is 1.89. The van der Waals surface area contributed by atoms with Gasteiger partial charge in [0, 0.05) is 27.4 Å². The zero-order valence-electron chi connectivity index (χ0n) is 16.8. The molecule has 4 aromatic rings. The first-order chi connectivity index (χ1) is 14.5. The molecule has 4 aromatic carbocycles. The lowest BCUT2D eigenvalue weighted by atomic mass is 10.0. The fraction of sp³-hybridized carbons (Fsp3) is 0.115. The Bertz CT molecular complexity index is 1250. The van der Waals surface area contributed by atoms with Gasteiger partial charge in [-0.05, 0) is 54.4 Å². The zero-order valence-corrected chi connectivity index (χ0v) is 18.3. The summed E-state index contributed by atoms with van der Waals surface area (Å²) in [5.74, 6) is 0.758. The molecule has 0 aromatic heterocycles. The third-order valence-electron chi connectivity index (χ3n) is 5.01. The van der Waals surface area contributed by atoms with Crippen LogP contribution in [0.2, 0.25) is 10.0 Å². The predicted octanol–water partition coefficient (Wildman–Crippen LogP) is 8.09. The van der Waals surface area contributed by atoms with Crippen molar-refractivity contribution in [3.8, 4) is 5.75 Å². The summed E-state index contributed by atoms with van der Waals surface area (Å²) in [6, 6.07) is 23.9. The minimum Gasteiger partial charge on any atom is -0.488 e. The summed E-state index contributed by atoms with van der Waals surface area (Å²) in [7, 11) is 0. The average molecular weight is 434 g/mol. The largest absolute Gasteiger partial charge is 0.488 e. The molecule has 0 heterocycles. The van der Waals surface area contributed by atoms with Crippen molar-refractivity contribution >= 4 is 45.9 Å². The predicted molar refractivity (Wildman–Crippen MR) is 128 cm³/mol. The van der Waals surface area contributed by atoms with E-state index in [2.05, 4.69) is 44.2 Å². The van der Waals surface area contributed by atoms with Crippen LogP contribution in [0, 0.1) is 13.8 Å². The van der Waals surface area contributed by atoms with Gasteiger partial charge in [-0.3, -0.25) is 4.99 Å². The van der Waals surface area contributed by atoms with Crippen LogP contribution < -0.4 is 4.74 Å². The van der Waals surface area contributed by atoms with Crippen LogP contribution in [-0.2, 0) is 6.61 Å². The molecule has 0 spiro atoms. The maximum absolute atomic E-state index is 6.31. The molecule has 30 heavy (non-hydrogen) atoms. The fourth-order valence-corrected chi connectivity index (χ4v) is 3.88. The van der Waals surface area contributed by atoms with Crippen molar-refractivity contribution < 1.29 is 4.74 Å². The number of nitrogens with zero attached hydrogens (tertiary/aromatic N) is 1. The normalized spacial score (nSPS) is 11.3. The average Bonchev–Trinajstić information content (AvgIpc) is 2.73. The maximum Gasteiger partial charge on any atom is 0.129 e. The minimum absolute atomic E-state index is 0.346. The highest BCUT2D eigenvalue weighted by atomic mass is 35.5. The highest BCUT2D eigenvalue weighted by molar-refractivity contribution is 6.35. The van der Waals surface area contributed by atoms with Crippen LogP contribution in [0.15, 0.2) is 77.8 Å². The SMILES string of the molecule is Cc1ccc(N=Cc2c(OCc3ccc(Cl)cc3Cl)ccc3ccccc23)c(C)c1. The van der Waals surface area contributed by atoms with Crippen molar-refractivity contribution in [1.29, 1.82) is 0 Å². The highest BCUT2D eigenvalue weighted by Gasteiger charge is 2.09. The van der Waals surface area contributed by atoms with E-state index < -0.39 is 0 Å². The molecule has 0 saturated carbocycles. The number of hydrogen-bond acceptors (Lipinski definition) is 2. The molecule has 0 amide bonds. The molecule has 0 fully saturated rings. The van der Waals surface area contributed by atoms with E-state index in [4.69, 9.17) is 32.9 Å². The Labute approximate surface area is 186 Å². The summed E-state index contributed by atoms with van der Waals surface area (Å²) >= 11 is 12.3. The number of halogens is 2. The second-order valence-corrected chi connectivity index (χ2v) is 8.11. The lowest BCUT2D eigenvalue weighted by Gasteiger charge is -2.13. The number of fused-ring (bicyclic) bond motifs is 1. The van der Waals surface area contributed by atoms with Crippen molar-refractivity contribution in [2.24, 2.45) is 4.99 Å². The number of ether oxygens (including phenoxy) is 1. The molecule has 0 bridgehead atoms. The van der Waals surface area contributed by atoms with Gasteiger partial charge in [-0.2, -0.15) is 0 Å². The molecular formula is C26H21Cl2NO. The van der Waals surface area contributed by atoms with Crippen molar-refractivity contribution in [2.45, 2.75) is 20.5 Å². The lowest BCUT2D eigenvalue weighted by Crippen LogP contribution is -2.00. The Balaban J connectivity index is 1.71. The third kappa shape index (κ3) is 4.51. The monoisotopic (exact) mass is 433 g/mol. The van der Waals surface area contributed by atoms with Crippen LogP contribution >= 0.6 is 23.2 Å². The van der Waals surface area contributed by atoms with Gasteiger partial charge in [-0.25, -0.2) is 0 Å². The molecule has 4 rings (SSSR count). The molecule has 0 N–H and O–H groups in total. The number of aliphatic imine (C=N–C) groups is 1. The summed E-state index contributed by atoms with van der Waals surface area (Å²) in [4.78, 5) is 4.76. The van der Waals surface area contributed by atoms with Gasteiger partial charge in [-0.1, -0.05) is 77.3 Å². The summed E-state index contributed by atoms with van der Waals surface area (Å²) in [5, 5.41) is 3.42. The van der Waals surface area contributed by atoms with Crippen LogP contribution in [0.25, 0.3) is 10.8 Å².